The van der Waals surface area contributed by atoms with Gasteiger partial charge in [0.1, 0.15) is 12.0 Å². The van der Waals surface area contributed by atoms with E-state index in [9.17, 15) is 22.8 Å². The molecule has 8 nitrogen and oxygen atoms in total. The van der Waals surface area contributed by atoms with Crippen LogP contribution in [-0.4, -0.2) is 62.9 Å². The van der Waals surface area contributed by atoms with Gasteiger partial charge >= 0.3 is 12.2 Å². The quantitative estimate of drug-likeness (QED) is 0.620. The third-order valence-electron chi connectivity index (χ3n) is 6.31. The molecule has 0 atom stereocenters. The highest BCUT2D eigenvalue weighted by atomic mass is 32.1. The first-order valence-electron chi connectivity index (χ1n) is 10.2. The number of halogens is 3. The van der Waals surface area contributed by atoms with Crippen LogP contribution in [0.2, 0.25) is 0 Å². The molecule has 3 aromatic heterocycles. The average Bonchev–Trinajstić information content (AvgIpc) is 3.20. The number of likely N-dealkylation sites (tertiary alicyclic amines) is 1. The van der Waals surface area contributed by atoms with Crippen molar-refractivity contribution in [2.75, 3.05) is 25.5 Å². The fourth-order valence-corrected chi connectivity index (χ4v) is 5.34. The summed E-state index contributed by atoms with van der Waals surface area (Å²) in [6.45, 7) is 1.18. The second-order valence-corrected chi connectivity index (χ2v) is 9.50. The monoisotopic (exact) mass is 476 g/mol. The summed E-state index contributed by atoms with van der Waals surface area (Å²) in [6, 6.07) is 2.16. The number of carbonyl (C=O) groups is 2. The molecule has 1 saturated carbocycles. The number of alkyl halides is 3. The van der Waals surface area contributed by atoms with Crippen LogP contribution in [0.4, 0.5) is 23.7 Å². The molecule has 1 aliphatic heterocycles. The number of amides is 3. The summed E-state index contributed by atoms with van der Waals surface area (Å²) >= 11 is 1.43. The summed E-state index contributed by atoms with van der Waals surface area (Å²) in [6.07, 6.45) is 0.193. The smallest absolute Gasteiger partial charge is 0.336 e. The standard InChI is InChI=1S/C21H19F3N6O2S/c1-29(19(32)28-13-4-12(7-25-8-13)21(22,23)24)14-5-20(6-14)9-30(10-20)18(31)16-17-15(2-3-33-17)26-11-27-16/h2-4,7-8,11,14H,5-6,9-10H2,1H3,(H,28,32). The molecule has 0 unspecified atom stereocenters. The molecule has 3 amide bonds. The lowest BCUT2D eigenvalue weighted by atomic mass is 9.60. The highest BCUT2D eigenvalue weighted by Gasteiger charge is 2.55. The van der Waals surface area contributed by atoms with Crippen molar-refractivity contribution in [3.05, 3.63) is 47.5 Å². The zero-order chi connectivity index (χ0) is 23.4. The molecule has 1 spiro atoms. The molecule has 4 heterocycles. The van der Waals surface area contributed by atoms with Gasteiger partial charge < -0.3 is 15.1 Å². The van der Waals surface area contributed by atoms with E-state index in [-0.39, 0.29) is 23.1 Å². The van der Waals surface area contributed by atoms with Crippen molar-refractivity contribution in [2.45, 2.75) is 25.1 Å². The molecule has 5 rings (SSSR count). The van der Waals surface area contributed by atoms with Crippen molar-refractivity contribution in [2.24, 2.45) is 5.41 Å². The maximum Gasteiger partial charge on any atom is 0.417 e. The van der Waals surface area contributed by atoms with Crippen molar-refractivity contribution < 1.29 is 22.8 Å². The normalized spacial score (nSPS) is 17.5. The molecule has 1 aliphatic carbocycles. The van der Waals surface area contributed by atoms with E-state index in [1.54, 1.807) is 11.9 Å². The summed E-state index contributed by atoms with van der Waals surface area (Å²) in [4.78, 5) is 40.5. The zero-order valence-corrected chi connectivity index (χ0v) is 18.3. The molecule has 0 aromatic carbocycles. The van der Waals surface area contributed by atoms with Crippen molar-refractivity contribution >= 4 is 39.2 Å². The minimum atomic E-state index is -4.53. The largest absolute Gasteiger partial charge is 0.417 e. The van der Waals surface area contributed by atoms with Gasteiger partial charge in [-0.05, 0) is 30.4 Å². The molecule has 33 heavy (non-hydrogen) atoms. The van der Waals surface area contributed by atoms with Gasteiger partial charge in [-0.2, -0.15) is 13.2 Å². The first-order valence-corrected chi connectivity index (χ1v) is 11.1. The Morgan fingerprint density at radius 2 is 2.00 bits per heavy atom. The van der Waals surface area contributed by atoms with Gasteiger partial charge in [-0.1, -0.05) is 0 Å². The van der Waals surface area contributed by atoms with E-state index in [0.717, 1.165) is 29.1 Å². The summed E-state index contributed by atoms with van der Waals surface area (Å²) in [7, 11) is 1.61. The number of fused-ring (bicyclic) bond motifs is 1. The van der Waals surface area contributed by atoms with E-state index in [1.807, 2.05) is 11.4 Å². The average molecular weight is 476 g/mol. The van der Waals surface area contributed by atoms with Gasteiger partial charge in [0.25, 0.3) is 5.91 Å². The van der Waals surface area contributed by atoms with Gasteiger partial charge in [-0.15, -0.1) is 11.3 Å². The molecule has 1 N–H and O–H groups in total. The number of rotatable bonds is 3. The molecule has 2 fully saturated rings. The van der Waals surface area contributed by atoms with Gasteiger partial charge in [0.2, 0.25) is 0 Å². The number of urea groups is 1. The number of anilines is 1. The topological polar surface area (TPSA) is 91.3 Å². The van der Waals surface area contributed by atoms with Gasteiger partial charge in [0.15, 0.2) is 0 Å². The van der Waals surface area contributed by atoms with Gasteiger partial charge in [-0.3, -0.25) is 9.78 Å². The van der Waals surface area contributed by atoms with E-state index in [4.69, 9.17) is 0 Å². The minimum absolute atomic E-state index is 0.0131. The molecule has 12 heteroatoms. The van der Waals surface area contributed by atoms with Crippen LogP contribution < -0.4 is 5.32 Å². The first-order chi connectivity index (χ1) is 15.7. The van der Waals surface area contributed by atoms with E-state index >= 15 is 0 Å². The molecule has 172 valence electrons. The number of hydrogen-bond donors (Lipinski definition) is 1. The Morgan fingerprint density at radius 1 is 1.24 bits per heavy atom. The third-order valence-corrected chi connectivity index (χ3v) is 7.22. The zero-order valence-electron chi connectivity index (χ0n) is 17.5. The SMILES string of the molecule is CN(C(=O)Nc1cncc(C(F)(F)F)c1)C1CC2(C1)CN(C(=O)c1ncnc3ccsc13)C2. The number of nitrogens with zero attached hydrogens (tertiary/aromatic N) is 5. The molecule has 0 radical (unpaired) electrons. The van der Waals surface area contributed by atoms with Gasteiger partial charge in [0, 0.05) is 37.8 Å². The lowest BCUT2D eigenvalue weighted by Gasteiger charge is -2.60. The van der Waals surface area contributed by atoms with E-state index in [1.165, 1.54) is 28.8 Å². The maximum absolute atomic E-state index is 12.9. The minimum Gasteiger partial charge on any atom is -0.336 e. The van der Waals surface area contributed by atoms with Gasteiger partial charge in [-0.25, -0.2) is 14.8 Å². The number of hydrogen-bond acceptors (Lipinski definition) is 6. The number of aromatic nitrogens is 3. The first kappa shape index (κ1) is 21.6. The molecule has 0 bridgehead atoms. The number of nitrogens with one attached hydrogen (secondary N) is 1. The Morgan fingerprint density at radius 3 is 2.73 bits per heavy atom. The summed E-state index contributed by atoms with van der Waals surface area (Å²) < 4.78 is 39.3. The van der Waals surface area contributed by atoms with Crippen LogP contribution in [-0.2, 0) is 6.18 Å². The summed E-state index contributed by atoms with van der Waals surface area (Å²) in [5, 5.41) is 4.35. The van der Waals surface area contributed by atoms with Crippen molar-refractivity contribution in [3.8, 4) is 0 Å². The van der Waals surface area contributed by atoms with Crippen LogP contribution in [0.1, 0.15) is 28.9 Å². The van der Waals surface area contributed by atoms with Gasteiger partial charge in [0.05, 0.1) is 27.7 Å². The fraction of sp³-hybridized carbons (Fsp3) is 0.381. The molecule has 2 aliphatic rings. The Bertz CT molecular complexity index is 1230. The number of carbonyl (C=O) groups excluding carboxylic acids is 2. The third kappa shape index (κ3) is 3.88. The fourth-order valence-electron chi connectivity index (χ4n) is 4.51. The van der Waals surface area contributed by atoms with Crippen LogP contribution in [0.5, 0.6) is 0 Å². The Labute approximate surface area is 190 Å². The van der Waals surface area contributed by atoms with Crippen LogP contribution >= 0.6 is 11.3 Å². The molecule has 3 aromatic rings. The predicted octanol–water partition coefficient (Wildman–Crippen LogP) is 3.87. The lowest BCUT2D eigenvalue weighted by molar-refractivity contribution is -0.137. The molecular weight excluding hydrogens is 457 g/mol. The predicted molar refractivity (Wildman–Crippen MR) is 115 cm³/mol. The highest BCUT2D eigenvalue weighted by molar-refractivity contribution is 7.17. The second kappa shape index (κ2) is 7.65. The summed E-state index contributed by atoms with van der Waals surface area (Å²) in [5.74, 6) is -0.123. The lowest BCUT2D eigenvalue weighted by Crippen LogP contribution is -2.67. The maximum atomic E-state index is 12.9. The van der Waals surface area contributed by atoms with E-state index in [2.05, 4.69) is 20.3 Å². The second-order valence-electron chi connectivity index (χ2n) is 8.58. The number of pyridine rings is 1. The van der Waals surface area contributed by atoms with E-state index in [0.29, 0.717) is 25.0 Å². The van der Waals surface area contributed by atoms with Crippen LogP contribution in [0.25, 0.3) is 10.2 Å². The van der Waals surface area contributed by atoms with Crippen molar-refractivity contribution in [1.29, 1.82) is 0 Å². The Kier molecular flexibility index (Phi) is 5.00. The molecule has 1 saturated heterocycles. The van der Waals surface area contributed by atoms with E-state index < -0.39 is 17.8 Å². The Balaban J connectivity index is 1.15. The van der Waals surface area contributed by atoms with Crippen LogP contribution in [0.3, 0.4) is 0 Å². The Hall–Kier alpha value is -3.28. The van der Waals surface area contributed by atoms with Crippen LogP contribution in [0.15, 0.2) is 36.2 Å². The number of thiophene rings is 1. The highest BCUT2D eigenvalue weighted by Crippen LogP contribution is 2.50. The van der Waals surface area contributed by atoms with Crippen molar-refractivity contribution in [1.82, 2.24) is 24.8 Å². The van der Waals surface area contributed by atoms with Crippen molar-refractivity contribution in [3.63, 3.8) is 0 Å². The molecular formula is C21H19F3N6O2S. The summed E-state index contributed by atoms with van der Waals surface area (Å²) in [5.41, 5.74) is 0.191. The van der Waals surface area contributed by atoms with Crippen LogP contribution in [0, 0.1) is 5.41 Å².